The molecule has 0 fully saturated rings. The van der Waals surface area contributed by atoms with Crippen LogP contribution in [0, 0.1) is 6.92 Å². The topological polar surface area (TPSA) is 38.9 Å². The summed E-state index contributed by atoms with van der Waals surface area (Å²) in [6.45, 7) is 2.12. The normalized spacial score (nSPS) is 11.1. The monoisotopic (exact) mass is 246 g/mol. The summed E-state index contributed by atoms with van der Waals surface area (Å²) in [4.78, 5) is 4.63. The molecule has 2 N–H and O–H groups in total. The van der Waals surface area contributed by atoms with E-state index in [1.165, 1.54) is 11.1 Å². The van der Waals surface area contributed by atoms with Crippen LogP contribution in [0.2, 0.25) is 0 Å². The lowest BCUT2D eigenvalue weighted by Gasteiger charge is -1.90. The third-order valence-corrected chi connectivity index (χ3v) is 4.41. The van der Waals surface area contributed by atoms with Crippen LogP contribution in [-0.4, -0.2) is 4.98 Å². The molecule has 0 radical (unpaired) electrons. The van der Waals surface area contributed by atoms with Crippen LogP contribution in [0.25, 0.3) is 20.8 Å². The van der Waals surface area contributed by atoms with Crippen LogP contribution in [0.4, 0.5) is 5.69 Å². The van der Waals surface area contributed by atoms with Crippen molar-refractivity contribution in [2.45, 2.75) is 6.92 Å². The molecule has 3 aromatic rings. The molecule has 0 spiro atoms. The highest BCUT2D eigenvalue weighted by Crippen LogP contribution is 2.34. The minimum absolute atomic E-state index is 0.796. The van der Waals surface area contributed by atoms with Crippen LogP contribution >= 0.6 is 22.7 Å². The Hall–Kier alpha value is -1.39. The van der Waals surface area contributed by atoms with Gasteiger partial charge in [0.2, 0.25) is 0 Å². The van der Waals surface area contributed by atoms with E-state index in [1.54, 1.807) is 22.7 Å². The van der Waals surface area contributed by atoms with Crippen LogP contribution in [0.5, 0.6) is 0 Å². The first-order chi connectivity index (χ1) is 7.74. The molecule has 1 aromatic carbocycles. The summed E-state index contributed by atoms with van der Waals surface area (Å²) in [7, 11) is 0. The Labute approximate surface area is 101 Å². The lowest BCUT2D eigenvalue weighted by Crippen LogP contribution is -1.81. The number of hydrogen-bond donors (Lipinski definition) is 1. The van der Waals surface area contributed by atoms with Crippen molar-refractivity contribution >= 4 is 38.6 Å². The van der Waals surface area contributed by atoms with Crippen molar-refractivity contribution in [1.29, 1.82) is 0 Å². The standard InChI is InChI=1S/C12H10N2S2/c1-7-5-15-6-9(7)12-14-10-3-2-8(13)4-11(10)16-12/h2-6H,13H2,1H3. The number of aromatic nitrogens is 1. The van der Waals surface area contributed by atoms with E-state index in [9.17, 15) is 0 Å². The number of nitrogens with zero attached hydrogens (tertiary/aromatic N) is 1. The fourth-order valence-electron chi connectivity index (χ4n) is 1.64. The number of nitrogens with two attached hydrogens (primary N) is 1. The molecule has 0 saturated heterocycles. The summed E-state index contributed by atoms with van der Waals surface area (Å²) in [5.41, 5.74) is 10.1. The maximum absolute atomic E-state index is 5.76. The third kappa shape index (κ3) is 1.50. The molecule has 4 heteroatoms. The molecular weight excluding hydrogens is 236 g/mol. The van der Waals surface area contributed by atoms with Crippen molar-refractivity contribution in [3.8, 4) is 10.6 Å². The summed E-state index contributed by atoms with van der Waals surface area (Å²) in [5, 5.41) is 5.38. The molecule has 16 heavy (non-hydrogen) atoms. The summed E-state index contributed by atoms with van der Waals surface area (Å²) < 4.78 is 1.15. The van der Waals surface area contributed by atoms with E-state index in [-0.39, 0.29) is 0 Å². The lowest BCUT2D eigenvalue weighted by atomic mass is 10.2. The van der Waals surface area contributed by atoms with E-state index in [0.29, 0.717) is 0 Å². The van der Waals surface area contributed by atoms with E-state index in [2.05, 4.69) is 22.7 Å². The molecule has 0 aliphatic carbocycles. The SMILES string of the molecule is Cc1cscc1-c1nc2ccc(N)cc2s1. The minimum Gasteiger partial charge on any atom is -0.399 e. The summed E-state index contributed by atoms with van der Waals surface area (Å²) in [6, 6.07) is 5.86. The van der Waals surface area contributed by atoms with Gasteiger partial charge in [0.05, 0.1) is 10.2 Å². The van der Waals surface area contributed by atoms with Crippen molar-refractivity contribution < 1.29 is 0 Å². The van der Waals surface area contributed by atoms with Gasteiger partial charge in [0.15, 0.2) is 0 Å². The lowest BCUT2D eigenvalue weighted by molar-refractivity contribution is 1.45. The van der Waals surface area contributed by atoms with Gasteiger partial charge in [0.1, 0.15) is 5.01 Å². The molecule has 80 valence electrons. The number of thiophene rings is 1. The smallest absolute Gasteiger partial charge is 0.125 e. The summed E-state index contributed by atoms with van der Waals surface area (Å²) in [6.07, 6.45) is 0. The summed E-state index contributed by atoms with van der Waals surface area (Å²) in [5.74, 6) is 0. The Morgan fingerprint density at radius 3 is 2.88 bits per heavy atom. The van der Waals surface area contributed by atoms with E-state index >= 15 is 0 Å². The second-order valence-corrected chi connectivity index (χ2v) is 5.49. The highest BCUT2D eigenvalue weighted by atomic mass is 32.1. The zero-order valence-corrected chi connectivity index (χ0v) is 10.4. The highest BCUT2D eigenvalue weighted by Gasteiger charge is 2.09. The van der Waals surface area contributed by atoms with E-state index in [4.69, 9.17) is 5.73 Å². The van der Waals surface area contributed by atoms with Gasteiger partial charge in [-0.05, 0) is 36.1 Å². The minimum atomic E-state index is 0.796. The first-order valence-electron chi connectivity index (χ1n) is 4.93. The van der Waals surface area contributed by atoms with Gasteiger partial charge in [0.25, 0.3) is 0 Å². The zero-order chi connectivity index (χ0) is 11.1. The number of fused-ring (bicyclic) bond motifs is 1. The van der Waals surface area contributed by atoms with E-state index in [0.717, 1.165) is 20.9 Å². The Kier molecular flexibility index (Phi) is 2.19. The van der Waals surface area contributed by atoms with Gasteiger partial charge in [0, 0.05) is 16.6 Å². The molecule has 2 nitrogen and oxygen atoms in total. The van der Waals surface area contributed by atoms with Crippen molar-refractivity contribution in [2.75, 3.05) is 5.73 Å². The van der Waals surface area contributed by atoms with Gasteiger partial charge >= 0.3 is 0 Å². The number of rotatable bonds is 1. The molecular formula is C12H10N2S2. The van der Waals surface area contributed by atoms with Crippen molar-refractivity contribution in [3.63, 3.8) is 0 Å². The molecule has 0 unspecified atom stereocenters. The van der Waals surface area contributed by atoms with Crippen molar-refractivity contribution in [3.05, 3.63) is 34.5 Å². The maximum Gasteiger partial charge on any atom is 0.125 e. The third-order valence-electron chi connectivity index (χ3n) is 2.50. The number of benzene rings is 1. The Balaban J connectivity index is 2.23. The van der Waals surface area contributed by atoms with Crippen LogP contribution < -0.4 is 5.73 Å². The predicted octanol–water partition coefficient (Wildman–Crippen LogP) is 3.92. The van der Waals surface area contributed by atoms with E-state index in [1.807, 2.05) is 18.2 Å². The van der Waals surface area contributed by atoms with Gasteiger partial charge in [-0.2, -0.15) is 11.3 Å². The molecule has 0 aliphatic rings. The van der Waals surface area contributed by atoms with Gasteiger partial charge in [-0.15, -0.1) is 11.3 Å². The molecule has 3 rings (SSSR count). The van der Waals surface area contributed by atoms with Gasteiger partial charge in [-0.25, -0.2) is 4.98 Å². The maximum atomic E-state index is 5.76. The Morgan fingerprint density at radius 1 is 1.25 bits per heavy atom. The van der Waals surface area contributed by atoms with E-state index < -0.39 is 0 Å². The van der Waals surface area contributed by atoms with Crippen LogP contribution in [0.15, 0.2) is 29.0 Å². The molecule has 2 heterocycles. The molecule has 0 saturated carbocycles. The number of nitrogen functional groups attached to an aromatic ring is 1. The van der Waals surface area contributed by atoms with Gasteiger partial charge < -0.3 is 5.73 Å². The predicted molar refractivity (Wildman–Crippen MR) is 72.1 cm³/mol. The Bertz CT molecular complexity index is 652. The average Bonchev–Trinajstić information content (AvgIpc) is 2.82. The molecule has 2 aromatic heterocycles. The second-order valence-electron chi connectivity index (χ2n) is 3.71. The van der Waals surface area contributed by atoms with Crippen LogP contribution in [0.3, 0.4) is 0 Å². The average molecular weight is 246 g/mol. The number of anilines is 1. The molecule has 0 amide bonds. The fraction of sp³-hybridized carbons (Fsp3) is 0.0833. The highest BCUT2D eigenvalue weighted by molar-refractivity contribution is 7.22. The quantitative estimate of drug-likeness (QED) is 0.661. The summed E-state index contributed by atoms with van der Waals surface area (Å²) >= 11 is 3.41. The van der Waals surface area contributed by atoms with Gasteiger partial charge in [-0.3, -0.25) is 0 Å². The number of aryl methyl sites for hydroxylation is 1. The first kappa shape index (κ1) is 9.81. The van der Waals surface area contributed by atoms with Gasteiger partial charge in [-0.1, -0.05) is 0 Å². The van der Waals surface area contributed by atoms with Crippen molar-refractivity contribution in [2.24, 2.45) is 0 Å². The van der Waals surface area contributed by atoms with Crippen molar-refractivity contribution in [1.82, 2.24) is 4.98 Å². The number of thiazole rings is 1. The zero-order valence-electron chi connectivity index (χ0n) is 8.73. The fourth-order valence-corrected chi connectivity index (χ4v) is 3.64. The molecule has 0 atom stereocenters. The Morgan fingerprint density at radius 2 is 2.12 bits per heavy atom. The molecule has 0 aliphatic heterocycles. The number of hydrogen-bond acceptors (Lipinski definition) is 4. The van der Waals surface area contributed by atoms with Crippen LogP contribution in [-0.2, 0) is 0 Å². The second kappa shape index (κ2) is 3.57. The largest absolute Gasteiger partial charge is 0.399 e. The first-order valence-corrected chi connectivity index (χ1v) is 6.69. The molecule has 0 bridgehead atoms. The van der Waals surface area contributed by atoms with Crippen LogP contribution in [0.1, 0.15) is 5.56 Å².